The van der Waals surface area contributed by atoms with E-state index in [1.165, 1.54) is 0 Å². The van der Waals surface area contributed by atoms with Gasteiger partial charge in [0.15, 0.2) is 5.82 Å². The fourth-order valence-electron chi connectivity index (χ4n) is 2.37. The van der Waals surface area contributed by atoms with E-state index < -0.39 is 0 Å². The standard InChI is InChI=1S/C15H18N4O/c1-4-12-18-13-14(19(12)20-9(2)3)10-7-5-6-8-11(10)17-15(13)16/h5-9H,4H2,1-3H3,(H2,16,17). The van der Waals surface area contributed by atoms with Crippen LogP contribution in [0.25, 0.3) is 21.9 Å². The summed E-state index contributed by atoms with van der Waals surface area (Å²) < 4.78 is 1.81. The average molecular weight is 270 g/mol. The van der Waals surface area contributed by atoms with Crippen molar-refractivity contribution in [2.75, 3.05) is 5.73 Å². The molecule has 2 N–H and O–H groups in total. The summed E-state index contributed by atoms with van der Waals surface area (Å²) in [7, 11) is 0. The minimum Gasteiger partial charge on any atom is -0.409 e. The van der Waals surface area contributed by atoms with Gasteiger partial charge in [0.1, 0.15) is 23.0 Å². The third-order valence-electron chi connectivity index (χ3n) is 3.18. The summed E-state index contributed by atoms with van der Waals surface area (Å²) in [6.07, 6.45) is 0.834. The maximum absolute atomic E-state index is 6.05. The van der Waals surface area contributed by atoms with Crippen LogP contribution < -0.4 is 10.6 Å². The van der Waals surface area contributed by atoms with Crippen molar-refractivity contribution in [3.8, 4) is 0 Å². The molecule has 0 aliphatic heterocycles. The highest BCUT2D eigenvalue weighted by molar-refractivity contribution is 6.06. The van der Waals surface area contributed by atoms with E-state index in [0.29, 0.717) is 11.3 Å². The van der Waals surface area contributed by atoms with Crippen molar-refractivity contribution in [2.24, 2.45) is 0 Å². The van der Waals surface area contributed by atoms with E-state index >= 15 is 0 Å². The Morgan fingerprint density at radius 3 is 2.70 bits per heavy atom. The van der Waals surface area contributed by atoms with E-state index in [-0.39, 0.29) is 6.10 Å². The normalized spacial score (nSPS) is 11.6. The number of imidazole rings is 1. The summed E-state index contributed by atoms with van der Waals surface area (Å²) >= 11 is 0. The number of hydrogen-bond acceptors (Lipinski definition) is 4. The molecule has 3 aromatic rings. The first kappa shape index (κ1) is 12.7. The Balaban J connectivity index is 2.44. The topological polar surface area (TPSA) is 66.0 Å². The van der Waals surface area contributed by atoms with Crippen molar-refractivity contribution >= 4 is 27.8 Å². The highest BCUT2D eigenvalue weighted by atomic mass is 16.7. The zero-order chi connectivity index (χ0) is 14.3. The molecule has 104 valence electrons. The van der Waals surface area contributed by atoms with Crippen molar-refractivity contribution in [1.29, 1.82) is 0 Å². The van der Waals surface area contributed by atoms with E-state index in [2.05, 4.69) is 9.97 Å². The summed E-state index contributed by atoms with van der Waals surface area (Å²) in [6, 6.07) is 7.90. The molecule has 2 aromatic heterocycles. The highest BCUT2D eigenvalue weighted by Gasteiger charge is 2.17. The van der Waals surface area contributed by atoms with E-state index in [1.54, 1.807) is 4.73 Å². The molecular weight excluding hydrogens is 252 g/mol. The van der Waals surface area contributed by atoms with Crippen LogP contribution in [0, 0.1) is 0 Å². The molecule has 2 heterocycles. The third kappa shape index (κ3) is 1.86. The zero-order valence-corrected chi connectivity index (χ0v) is 11.9. The van der Waals surface area contributed by atoms with Crippen LogP contribution >= 0.6 is 0 Å². The first-order chi connectivity index (χ1) is 9.61. The van der Waals surface area contributed by atoms with Crippen LogP contribution in [-0.4, -0.2) is 20.8 Å². The van der Waals surface area contributed by atoms with Crippen LogP contribution in [0.2, 0.25) is 0 Å². The van der Waals surface area contributed by atoms with Crippen LogP contribution in [0.4, 0.5) is 5.82 Å². The molecule has 0 spiro atoms. The lowest BCUT2D eigenvalue weighted by Crippen LogP contribution is -2.21. The van der Waals surface area contributed by atoms with Crippen LogP contribution in [-0.2, 0) is 6.42 Å². The molecule has 0 aliphatic carbocycles. The minimum absolute atomic E-state index is 0.0610. The van der Waals surface area contributed by atoms with Crippen LogP contribution in [0.5, 0.6) is 0 Å². The molecule has 0 radical (unpaired) electrons. The summed E-state index contributed by atoms with van der Waals surface area (Å²) in [5, 5.41) is 1.00. The zero-order valence-electron chi connectivity index (χ0n) is 11.9. The van der Waals surface area contributed by atoms with Gasteiger partial charge < -0.3 is 10.6 Å². The van der Waals surface area contributed by atoms with Gasteiger partial charge >= 0.3 is 0 Å². The predicted molar refractivity (Wildman–Crippen MR) is 80.5 cm³/mol. The number of anilines is 1. The average Bonchev–Trinajstić information content (AvgIpc) is 2.78. The molecule has 1 aromatic carbocycles. The van der Waals surface area contributed by atoms with Gasteiger partial charge in [-0.2, -0.15) is 4.73 Å². The first-order valence-electron chi connectivity index (χ1n) is 6.84. The van der Waals surface area contributed by atoms with Crippen LogP contribution in [0.15, 0.2) is 24.3 Å². The Morgan fingerprint density at radius 1 is 1.25 bits per heavy atom. The van der Waals surface area contributed by atoms with E-state index in [9.17, 15) is 0 Å². The molecule has 0 bridgehead atoms. The van der Waals surface area contributed by atoms with Gasteiger partial charge in [-0.25, -0.2) is 9.97 Å². The number of fused-ring (bicyclic) bond motifs is 3. The predicted octanol–water partition coefficient (Wildman–Crippen LogP) is 2.57. The molecule has 3 rings (SSSR count). The second kappa shape index (κ2) is 4.67. The lowest BCUT2D eigenvalue weighted by Gasteiger charge is -2.14. The first-order valence-corrected chi connectivity index (χ1v) is 6.84. The number of nitrogens with two attached hydrogens (primary N) is 1. The number of aromatic nitrogens is 3. The fourth-order valence-corrected chi connectivity index (χ4v) is 2.37. The molecule has 5 nitrogen and oxygen atoms in total. The van der Waals surface area contributed by atoms with Gasteiger partial charge in [-0.05, 0) is 19.9 Å². The SMILES string of the molecule is CCc1nc2c(N)nc3ccccc3c2n1OC(C)C. The summed E-state index contributed by atoms with van der Waals surface area (Å²) in [4.78, 5) is 14.9. The van der Waals surface area contributed by atoms with Crippen molar-refractivity contribution < 1.29 is 4.84 Å². The molecular formula is C15H18N4O. The van der Waals surface area contributed by atoms with Crippen LogP contribution in [0.1, 0.15) is 26.6 Å². The number of nitrogen functional groups attached to an aromatic ring is 1. The van der Waals surface area contributed by atoms with E-state index in [4.69, 9.17) is 10.6 Å². The van der Waals surface area contributed by atoms with Gasteiger partial charge in [-0.15, -0.1) is 0 Å². The number of nitrogens with zero attached hydrogens (tertiary/aromatic N) is 3. The summed E-state index contributed by atoms with van der Waals surface area (Å²) in [5.41, 5.74) is 8.51. The second-order valence-corrected chi connectivity index (χ2v) is 5.04. The van der Waals surface area contributed by atoms with E-state index in [0.717, 1.165) is 28.7 Å². The number of aryl methyl sites for hydroxylation is 1. The highest BCUT2D eigenvalue weighted by Crippen LogP contribution is 2.28. The van der Waals surface area contributed by atoms with Crippen molar-refractivity contribution in [2.45, 2.75) is 33.3 Å². The lowest BCUT2D eigenvalue weighted by molar-refractivity contribution is 0.0625. The van der Waals surface area contributed by atoms with Gasteiger partial charge in [0.25, 0.3) is 0 Å². The number of para-hydroxylation sites is 1. The quantitative estimate of drug-likeness (QED) is 0.794. The van der Waals surface area contributed by atoms with Crippen molar-refractivity contribution in [3.63, 3.8) is 0 Å². The largest absolute Gasteiger partial charge is 0.409 e. The second-order valence-electron chi connectivity index (χ2n) is 5.04. The molecule has 0 unspecified atom stereocenters. The Bertz CT molecular complexity index is 776. The molecule has 5 heteroatoms. The maximum atomic E-state index is 6.05. The van der Waals surface area contributed by atoms with Crippen molar-refractivity contribution in [3.05, 3.63) is 30.1 Å². The third-order valence-corrected chi connectivity index (χ3v) is 3.18. The molecule has 0 saturated carbocycles. The van der Waals surface area contributed by atoms with Gasteiger partial charge in [-0.1, -0.05) is 25.1 Å². The Morgan fingerprint density at radius 2 is 2.00 bits per heavy atom. The Hall–Kier alpha value is -2.30. The number of pyridine rings is 1. The van der Waals surface area contributed by atoms with Gasteiger partial charge in [0.05, 0.1) is 5.52 Å². The Kier molecular flexibility index (Phi) is 2.97. The number of rotatable bonds is 3. The Labute approximate surface area is 117 Å². The number of benzene rings is 1. The molecule has 0 atom stereocenters. The minimum atomic E-state index is 0.0610. The molecule has 0 saturated heterocycles. The van der Waals surface area contributed by atoms with Gasteiger partial charge in [0, 0.05) is 11.8 Å². The lowest BCUT2D eigenvalue weighted by atomic mass is 10.2. The maximum Gasteiger partial charge on any atom is 0.152 e. The van der Waals surface area contributed by atoms with E-state index in [1.807, 2.05) is 45.0 Å². The molecule has 20 heavy (non-hydrogen) atoms. The summed E-state index contributed by atoms with van der Waals surface area (Å²) in [6.45, 7) is 6.04. The fraction of sp³-hybridized carbons (Fsp3) is 0.333. The molecule has 0 amide bonds. The van der Waals surface area contributed by atoms with Gasteiger partial charge in [-0.3, -0.25) is 0 Å². The van der Waals surface area contributed by atoms with Gasteiger partial charge in [0.2, 0.25) is 0 Å². The molecule has 0 fully saturated rings. The molecule has 0 aliphatic rings. The smallest absolute Gasteiger partial charge is 0.152 e. The van der Waals surface area contributed by atoms with Crippen molar-refractivity contribution in [1.82, 2.24) is 14.7 Å². The monoisotopic (exact) mass is 270 g/mol. The number of hydrogen-bond donors (Lipinski definition) is 1. The summed E-state index contributed by atoms with van der Waals surface area (Å²) in [5.74, 6) is 1.30. The van der Waals surface area contributed by atoms with Crippen LogP contribution in [0.3, 0.4) is 0 Å².